The van der Waals surface area contributed by atoms with Crippen LogP contribution >= 0.6 is 11.8 Å². The van der Waals surface area contributed by atoms with Crippen molar-refractivity contribution in [2.75, 3.05) is 6.26 Å². The Kier molecular flexibility index (Phi) is 2.95. The molecule has 1 amide bonds. The molecule has 0 saturated heterocycles. The number of nitrogens with one attached hydrogen (secondary N) is 1. The molecule has 96 valence electrons. The molecule has 1 atom stereocenters. The summed E-state index contributed by atoms with van der Waals surface area (Å²) in [6.07, 6.45) is 9.16. The van der Waals surface area contributed by atoms with Crippen LogP contribution in [0.3, 0.4) is 0 Å². The maximum absolute atomic E-state index is 11.4. The first-order valence-electron chi connectivity index (χ1n) is 5.97. The minimum absolute atomic E-state index is 0.183. The van der Waals surface area contributed by atoms with Gasteiger partial charge in [0, 0.05) is 16.2 Å². The number of aliphatic hydroxyl groups excluding tert-OH is 1. The predicted molar refractivity (Wildman–Crippen MR) is 77.1 cm³/mol. The van der Waals surface area contributed by atoms with Gasteiger partial charge in [0.2, 0.25) is 5.91 Å². The van der Waals surface area contributed by atoms with Gasteiger partial charge in [0.1, 0.15) is 11.8 Å². The van der Waals surface area contributed by atoms with E-state index in [9.17, 15) is 9.90 Å². The summed E-state index contributed by atoms with van der Waals surface area (Å²) >= 11 is 1.66. The van der Waals surface area contributed by atoms with Gasteiger partial charge >= 0.3 is 0 Å². The zero-order valence-electron chi connectivity index (χ0n) is 10.4. The summed E-state index contributed by atoms with van der Waals surface area (Å²) in [5.41, 5.74) is 0.888. The van der Waals surface area contributed by atoms with Crippen molar-refractivity contribution >= 4 is 29.5 Å². The monoisotopic (exact) mass is 271 g/mol. The van der Waals surface area contributed by atoms with Crippen molar-refractivity contribution in [3.05, 3.63) is 52.4 Å². The average molecular weight is 271 g/mol. The first-order chi connectivity index (χ1) is 9.19. The highest BCUT2D eigenvalue weighted by molar-refractivity contribution is 7.98. The first kappa shape index (κ1) is 12.1. The second-order valence-corrected chi connectivity index (χ2v) is 5.33. The van der Waals surface area contributed by atoms with E-state index in [1.807, 2.05) is 36.6 Å². The van der Waals surface area contributed by atoms with Crippen LogP contribution in [0.1, 0.15) is 0 Å². The molecule has 1 aliphatic carbocycles. The second-order valence-electron chi connectivity index (χ2n) is 4.45. The van der Waals surface area contributed by atoms with E-state index in [2.05, 4.69) is 5.32 Å². The number of carbonyl (C=O) groups is 1. The van der Waals surface area contributed by atoms with Crippen molar-refractivity contribution in [3.63, 3.8) is 0 Å². The lowest BCUT2D eigenvalue weighted by Gasteiger charge is -2.21. The predicted octanol–water partition coefficient (Wildman–Crippen LogP) is 0.850. The molecule has 2 N–H and O–H groups in total. The van der Waals surface area contributed by atoms with E-state index in [0.717, 1.165) is 20.9 Å². The van der Waals surface area contributed by atoms with Crippen LogP contribution in [0.15, 0.2) is 46.9 Å². The third-order valence-electron chi connectivity index (χ3n) is 3.31. The van der Waals surface area contributed by atoms with Crippen molar-refractivity contribution in [1.29, 1.82) is 0 Å². The summed E-state index contributed by atoms with van der Waals surface area (Å²) in [6, 6.07) is 5.46. The SMILES string of the molecule is CSc1ccc2c(c1)=CC=C1C=CC(=O)NC1C=2O. The highest BCUT2D eigenvalue weighted by atomic mass is 32.2. The van der Waals surface area contributed by atoms with Crippen molar-refractivity contribution in [2.45, 2.75) is 10.9 Å². The van der Waals surface area contributed by atoms with Gasteiger partial charge in [0.15, 0.2) is 0 Å². The molecular formula is C15H13NO2S. The molecule has 0 bridgehead atoms. The average Bonchev–Trinajstić information content (AvgIpc) is 2.57. The van der Waals surface area contributed by atoms with Crippen molar-refractivity contribution in [2.24, 2.45) is 0 Å². The van der Waals surface area contributed by atoms with Gasteiger partial charge in [-0.2, -0.15) is 0 Å². The van der Waals surface area contributed by atoms with E-state index < -0.39 is 6.04 Å². The molecule has 1 aromatic carbocycles. The number of aliphatic hydroxyl groups is 1. The van der Waals surface area contributed by atoms with E-state index in [1.54, 1.807) is 17.8 Å². The van der Waals surface area contributed by atoms with Gasteiger partial charge in [-0.1, -0.05) is 18.2 Å². The molecule has 4 heteroatoms. The number of carbonyl (C=O) groups excluding carboxylic acids is 1. The molecule has 0 aromatic heterocycles. The largest absolute Gasteiger partial charge is 0.509 e. The van der Waals surface area contributed by atoms with Crippen LogP contribution in [0.2, 0.25) is 0 Å². The number of rotatable bonds is 1. The molecule has 0 saturated carbocycles. The fourth-order valence-electron chi connectivity index (χ4n) is 2.30. The molecule has 19 heavy (non-hydrogen) atoms. The third-order valence-corrected chi connectivity index (χ3v) is 4.04. The molecule has 1 aromatic rings. The number of hydrogen-bond acceptors (Lipinski definition) is 3. The summed E-state index contributed by atoms with van der Waals surface area (Å²) in [4.78, 5) is 12.6. The fourth-order valence-corrected chi connectivity index (χ4v) is 2.75. The Morgan fingerprint density at radius 2 is 2.11 bits per heavy atom. The third kappa shape index (κ3) is 2.08. The molecule has 3 nitrogen and oxygen atoms in total. The Balaban J connectivity index is 2.26. The summed E-state index contributed by atoms with van der Waals surface area (Å²) in [5.74, 6) is 0.0123. The minimum atomic E-state index is -0.449. The summed E-state index contributed by atoms with van der Waals surface area (Å²) < 4.78 is 0. The van der Waals surface area contributed by atoms with E-state index in [-0.39, 0.29) is 11.7 Å². The molecule has 1 aliphatic heterocycles. The zero-order chi connectivity index (χ0) is 13.4. The highest BCUT2D eigenvalue weighted by Gasteiger charge is 2.23. The maximum Gasteiger partial charge on any atom is 0.244 e. The molecule has 0 radical (unpaired) electrons. The number of amides is 1. The number of benzene rings is 1. The highest BCUT2D eigenvalue weighted by Crippen LogP contribution is 2.17. The van der Waals surface area contributed by atoms with E-state index in [1.165, 1.54) is 6.08 Å². The van der Waals surface area contributed by atoms with Gasteiger partial charge in [-0.15, -0.1) is 11.8 Å². The summed E-state index contributed by atoms with van der Waals surface area (Å²) in [7, 11) is 0. The molecular weight excluding hydrogens is 258 g/mol. The van der Waals surface area contributed by atoms with Gasteiger partial charge in [0.25, 0.3) is 0 Å². The Morgan fingerprint density at radius 3 is 2.89 bits per heavy atom. The van der Waals surface area contributed by atoms with Crippen LogP contribution in [0.4, 0.5) is 0 Å². The molecule has 0 spiro atoms. The normalized spacial score (nSPS) is 20.7. The van der Waals surface area contributed by atoms with Crippen molar-refractivity contribution < 1.29 is 9.90 Å². The molecule has 0 fully saturated rings. The second kappa shape index (κ2) is 4.63. The lowest BCUT2D eigenvalue weighted by molar-refractivity contribution is -0.117. The van der Waals surface area contributed by atoms with Crippen LogP contribution < -0.4 is 15.8 Å². The minimum Gasteiger partial charge on any atom is -0.509 e. The van der Waals surface area contributed by atoms with Gasteiger partial charge in [-0.05, 0) is 35.2 Å². The van der Waals surface area contributed by atoms with E-state index in [4.69, 9.17) is 0 Å². The lowest BCUT2D eigenvalue weighted by Crippen LogP contribution is -2.41. The van der Waals surface area contributed by atoms with Gasteiger partial charge in [-0.25, -0.2) is 0 Å². The fraction of sp³-hybridized carbons (Fsp3) is 0.133. The number of hydrogen-bond donors (Lipinski definition) is 2. The Morgan fingerprint density at radius 1 is 1.26 bits per heavy atom. The van der Waals surface area contributed by atoms with Gasteiger partial charge in [-0.3, -0.25) is 4.79 Å². The van der Waals surface area contributed by atoms with Gasteiger partial charge < -0.3 is 10.4 Å². The maximum atomic E-state index is 11.4. The lowest BCUT2D eigenvalue weighted by atomic mass is 10.0. The van der Waals surface area contributed by atoms with Crippen LogP contribution in [0, 0.1) is 0 Å². The van der Waals surface area contributed by atoms with Crippen LogP contribution in [0.5, 0.6) is 0 Å². The molecule has 1 heterocycles. The van der Waals surface area contributed by atoms with Gasteiger partial charge in [0.05, 0.1) is 0 Å². The molecule has 3 rings (SSSR count). The van der Waals surface area contributed by atoms with Crippen molar-refractivity contribution in [3.8, 4) is 0 Å². The Bertz CT molecular complexity index is 731. The zero-order valence-corrected chi connectivity index (χ0v) is 11.2. The number of thioether (sulfide) groups is 1. The van der Waals surface area contributed by atoms with E-state index in [0.29, 0.717) is 0 Å². The quantitative estimate of drug-likeness (QED) is 0.745. The topological polar surface area (TPSA) is 49.3 Å². The standard InChI is InChI=1S/C15H13NO2S/c1-19-11-5-6-12-10(8-11)3-2-9-4-7-13(17)16-14(9)15(12)18/h2-8,14,18H,1H3,(H,16,17). The first-order valence-corrected chi connectivity index (χ1v) is 7.19. The Hall–Kier alpha value is -1.94. The van der Waals surface area contributed by atoms with E-state index >= 15 is 0 Å². The number of allylic oxidation sites excluding steroid dienone is 1. The summed E-state index contributed by atoms with van der Waals surface area (Å²) in [6.45, 7) is 0. The smallest absolute Gasteiger partial charge is 0.244 e. The number of fused-ring (bicyclic) bond motifs is 2. The Labute approximate surface area is 115 Å². The molecule has 1 unspecified atom stereocenters. The summed E-state index contributed by atoms with van der Waals surface area (Å²) in [5, 5.41) is 14.9. The van der Waals surface area contributed by atoms with Crippen LogP contribution in [-0.2, 0) is 4.79 Å². The van der Waals surface area contributed by atoms with Crippen molar-refractivity contribution in [1.82, 2.24) is 5.32 Å². The molecule has 2 aliphatic rings. The van der Waals surface area contributed by atoms with Crippen LogP contribution in [-0.4, -0.2) is 23.3 Å². The van der Waals surface area contributed by atoms with Crippen LogP contribution in [0.25, 0.3) is 11.8 Å².